The lowest BCUT2D eigenvalue weighted by atomic mass is 10.0. The molecule has 0 aliphatic rings. The Kier molecular flexibility index (Phi) is 2.34. The van der Waals surface area contributed by atoms with Crippen molar-refractivity contribution in [1.82, 2.24) is 4.57 Å². The first-order valence-corrected chi connectivity index (χ1v) is 4.78. The van der Waals surface area contributed by atoms with Crippen LogP contribution in [0.2, 0.25) is 0 Å². The van der Waals surface area contributed by atoms with Crippen molar-refractivity contribution in [3.8, 4) is 5.75 Å². The predicted molar refractivity (Wildman–Crippen MR) is 61.7 cm³/mol. The molecule has 0 aliphatic heterocycles. The van der Waals surface area contributed by atoms with Gasteiger partial charge in [-0.3, -0.25) is 0 Å². The minimum atomic E-state index is 0.270. The lowest BCUT2D eigenvalue weighted by molar-refractivity contribution is 0.473. The second kappa shape index (κ2) is 3.65. The number of phenolic OH excluding ortho intramolecular Hbond substituents is 1. The maximum absolute atomic E-state index is 9.68. The molecule has 2 nitrogen and oxygen atoms in total. The topological polar surface area (TPSA) is 25.2 Å². The predicted octanol–water partition coefficient (Wildman–Crippen LogP) is 2.79. The van der Waals surface area contributed by atoms with Crippen LogP contribution >= 0.6 is 0 Å². The molecule has 0 unspecified atom stereocenters. The fourth-order valence-corrected chi connectivity index (χ4v) is 1.57. The standard InChI is InChI=1S/C13H13NO/c1-10(11-7-8-14(2)9-11)12-5-3-4-6-13(12)15/h3-9,15H,1H2,2H3. The van der Waals surface area contributed by atoms with Gasteiger partial charge in [-0.25, -0.2) is 0 Å². The van der Waals surface area contributed by atoms with E-state index in [1.165, 1.54) is 0 Å². The number of rotatable bonds is 2. The summed E-state index contributed by atoms with van der Waals surface area (Å²) in [4.78, 5) is 0. The van der Waals surface area contributed by atoms with Gasteiger partial charge >= 0.3 is 0 Å². The molecule has 0 bridgehead atoms. The van der Waals surface area contributed by atoms with Gasteiger partial charge in [0, 0.05) is 25.0 Å². The van der Waals surface area contributed by atoms with Crippen LogP contribution in [0.15, 0.2) is 49.3 Å². The lowest BCUT2D eigenvalue weighted by Crippen LogP contribution is -1.85. The van der Waals surface area contributed by atoms with Crippen LogP contribution in [0.25, 0.3) is 5.57 Å². The van der Waals surface area contributed by atoms with Crippen molar-refractivity contribution in [2.45, 2.75) is 0 Å². The van der Waals surface area contributed by atoms with E-state index in [0.29, 0.717) is 0 Å². The fraction of sp³-hybridized carbons (Fsp3) is 0.0769. The number of aryl methyl sites for hydroxylation is 1. The highest BCUT2D eigenvalue weighted by atomic mass is 16.3. The summed E-state index contributed by atoms with van der Waals surface area (Å²) < 4.78 is 1.96. The molecular formula is C13H13NO. The van der Waals surface area contributed by atoms with E-state index in [2.05, 4.69) is 6.58 Å². The molecule has 0 amide bonds. The molecule has 1 heterocycles. The molecule has 2 rings (SSSR count). The zero-order valence-corrected chi connectivity index (χ0v) is 8.64. The molecule has 0 spiro atoms. The average molecular weight is 199 g/mol. The van der Waals surface area contributed by atoms with Crippen molar-refractivity contribution >= 4 is 5.57 Å². The summed E-state index contributed by atoms with van der Waals surface area (Å²) in [7, 11) is 1.96. The van der Waals surface area contributed by atoms with E-state index < -0.39 is 0 Å². The fourth-order valence-electron chi connectivity index (χ4n) is 1.57. The van der Waals surface area contributed by atoms with Gasteiger partial charge in [-0.15, -0.1) is 0 Å². The van der Waals surface area contributed by atoms with Gasteiger partial charge < -0.3 is 9.67 Å². The van der Waals surface area contributed by atoms with Gasteiger partial charge in [0.2, 0.25) is 0 Å². The zero-order chi connectivity index (χ0) is 10.8. The zero-order valence-electron chi connectivity index (χ0n) is 8.64. The minimum Gasteiger partial charge on any atom is -0.507 e. The quantitative estimate of drug-likeness (QED) is 0.790. The number of aromatic hydroxyl groups is 1. The molecule has 1 N–H and O–H groups in total. The maximum Gasteiger partial charge on any atom is 0.123 e. The molecule has 0 atom stereocenters. The highest BCUT2D eigenvalue weighted by Gasteiger charge is 2.06. The smallest absolute Gasteiger partial charge is 0.123 e. The monoisotopic (exact) mass is 199 g/mol. The second-order valence-corrected chi connectivity index (χ2v) is 3.56. The van der Waals surface area contributed by atoms with Crippen LogP contribution in [-0.4, -0.2) is 9.67 Å². The number of nitrogens with zero attached hydrogens (tertiary/aromatic N) is 1. The first-order chi connectivity index (χ1) is 7.18. The lowest BCUT2D eigenvalue weighted by Gasteiger charge is -2.05. The Morgan fingerprint density at radius 3 is 2.60 bits per heavy atom. The Balaban J connectivity index is 2.41. The summed E-state index contributed by atoms with van der Waals surface area (Å²) in [6.07, 6.45) is 3.94. The number of hydrogen-bond donors (Lipinski definition) is 1. The summed E-state index contributed by atoms with van der Waals surface area (Å²) in [5.41, 5.74) is 2.65. The molecule has 1 aromatic carbocycles. The number of phenols is 1. The van der Waals surface area contributed by atoms with Crippen LogP contribution in [0, 0.1) is 0 Å². The highest BCUT2D eigenvalue weighted by Crippen LogP contribution is 2.28. The normalized spacial score (nSPS) is 10.2. The maximum atomic E-state index is 9.68. The molecule has 0 aliphatic carbocycles. The Morgan fingerprint density at radius 1 is 1.27 bits per heavy atom. The average Bonchev–Trinajstić information content (AvgIpc) is 2.65. The Morgan fingerprint density at radius 2 is 2.00 bits per heavy atom. The van der Waals surface area contributed by atoms with Crippen molar-refractivity contribution < 1.29 is 5.11 Å². The van der Waals surface area contributed by atoms with Crippen molar-refractivity contribution in [3.63, 3.8) is 0 Å². The van der Waals surface area contributed by atoms with Crippen molar-refractivity contribution in [3.05, 3.63) is 60.4 Å². The largest absolute Gasteiger partial charge is 0.507 e. The Labute approximate surface area is 89.1 Å². The molecule has 2 aromatic rings. The van der Waals surface area contributed by atoms with Crippen LogP contribution in [0.3, 0.4) is 0 Å². The summed E-state index contributed by atoms with van der Waals surface area (Å²) in [5.74, 6) is 0.270. The van der Waals surface area contributed by atoms with Crippen LogP contribution in [0.1, 0.15) is 11.1 Å². The summed E-state index contributed by atoms with van der Waals surface area (Å²) in [6.45, 7) is 4.00. The molecule has 1 aromatic heterocycles. The highest BCUT2D eigenvalue weighted by molar-refractivity contribution is 5.80. The van der Waals surface area contributed by atoms with Crippen LogP contribution in [0.4, 0.5) is 0 Å². The second-order valence-electron chi connectivity index (χ2n) is 3.56. The van der Waals surface area contributed by atoms with E-state index in [1.54, 1.807) is 12.1 Å². The Hall–Kier alpha value is -1.96. The van der Waals surface area contributed by atoms with Gasteiger partial charge in [-0.2, -0.15) is 0 Å². The van der Waals surface area contributed by atoms with Crippen LogP contribution in [-0.2, 0) is 7.05 Å². The third-order valence-corrected chi connectivity index (χ3v) is 2.41. The number of para-hydroxylation sites is 1. The van der Waals surface area contributed by atoms with Gasteiger partial charge in [0.15, 0.2) is 0 Å². The summed E-state index contributed by atoms with van der Waals surface area (Å²) >= 11 is 0. The van der Waals surface area contributed by atoms with E-state index in [-0.39, 0.29) is 5.75 Å². The van der Waals surface area contributed by atoms with Gasteiger partial charge in [0.1, 0.15) is 5.75 Å². The molecular weight excluding hydrogens is 186 g/mol. The molecule has 76 valence electrons. The van der Waals surface area contributed by atoms with E-state index in [4.69, 9.17) is 0 Å². The van der Waals surface area contributed by atoms with Gasteiger partial charge in [0.05, 0.1) is 0 Å². The first-order valence-electron chi connectivity index (χ1n) is 4.78. The minimum absolute atomic E-state index is 0.270. The van der Waals surface area contributed by atoms with E-state index in [0.717, 1.165) is 16.7 Å². The third-order valence-electron chi connectivity index (χ3n) is 2.41. The van der Waals surface area contributed by atoms with Crippen LogP contribution in [0.5, 0.6) is 5.75 Å². The molecule has 2 heteroatoms. The van der Waals surface area contributed by atoms with E-state index >= 15 is 0 Å². The summed E-state index contributed by atoms with van der Waals surface area (Å²) in [5, 5.41) is 9.68. The van der Waals surface area contributed by atoms with Crippen LogP contribution < -0.4 is 0 Å². The number of benzene rings is 1. The molecule has 0 radical (unpaired) electrons. The van der Waals surface area contributed by atoms with Gasteiger partial charge in [-0.05, 0) is 23.3 Å². The van der Waals surface area contributed by atoms with Gasteiger partial charge in [0.25, 0.3) is 0 Å². The summed E-state index contributed by atoms with van der Waals surface area (Å²) in [6, 6.07) is 9.21. The molecule has 0 saturated heterocycles. The molecule has 15 heavy (non-hydrogen) atoms. The molecule has 0 saturated carbocycles. The van der Waals surface area contributed by atoms with Crippen molar-refractivity contribution in [2.75, 3.05) is 0 Å². The van der Waals surface area contributed by atoms with Crippen molar-refractivity contribution in [2.24, 2.45) is 7.05 Å². The van der Waals surface area contributed by atoms with E-state index in [1.807, 2.05) is 42.2 Å². The SMILES string of the molecule is C=C(c1ccn(C)c1)c1ccccc1O. The first kappa shape index (κ1) is 9.59. The Bertz CT molecular complexity index is 497. The molecule has 0 fully saturated rings. The van der Waals surface area contributed by atoms with Crippen molar-refractivity contribution in [1.29, 1.82) is 0 Å². The third kappa shape index (κ3) is 1.79. The number of hydrogen-bond acceptors (Lipinski definition) is 1. The van der Waals surface area contributed by atoms with E-state index in [9.17, 15) is 5.11 Å². The number of aromatic nitrogens is 1. The van der Waals surface area contributed by atoms with Gasteiger partial charge in [-0.1, -0.05) is 24.8 Å².